The summed E-state index contributed by atoms with van der Waals surface area (Å²) in [7, 11) is 1.48. The van der Waals surface area contributed by atoms with Crippen LogP contribution in [-0.2, 0) is 9.59 Å². The number of hydrogen-bond donors (Lipinski definition) is 3. The Bertz CT molecular complexity index is 380. The van der Waals surface area contributed by atoms with Gasteiger partial charge < -0.3 is 20.6 Å². The number of aliphatic carboxylic acids is 1. The number of carboxylic acids is 1. The quantitative estimate of drug-likeness (QED) is 0.675. The summed E-state index contributed by atoms with van der Waals surface area (Å²) >= 11 is 0. The summed E-state index contributed by atoms with van der Waals surface area (Å²) in [5.41, 5.74) is 0. The first-order valence-electron chi connectivity index (χ1n) is 7.46. The van der Waals surface area contributed by atoms with Gasteiger partial charge in [0.1, 0.15) is 12.6 Å². The predicted octanol–water partition coefficient (Wildman–Crippen LogP) is 0.797. The van der Waals surface area contributed by atoms with E-state index in [1.807, 2.05) is 0 Å². The number of carbonyl (C=O) groups excluding carboxylic acids is 2. The van der Waals surface area contributed by atoms with Crippen LogP contribution in [0, 0.1) is 5.92 Å². The highest BCUT2D eigenvalue weighted by Crippen LogP contribution is 2.26. The second kappa shape index (κ2) is 8.49. The van der Waals surface area contributed by atoms with Gasteiger partial charge in [0.25, 0.3) is 0 Å². The number of nitrogens with one attached hydrogen (secondary N) is 2. The van der Waals surface area contributed by atoms with Crippen molar-refractivity contribution < 1.29 is 19.5 Å². The maximum atomic E-state index is 12.0. The highest BCUT2D eigenvalue weighted by atomic mass is 16.4. The third kappa shape index (κ3) is 5.61. The Morgan fingerprint density at radius 3 is 2.38 bits per heavy atom. The number of nitrogens with zero attached hydrogens (tertiary/aromatic N) is 1. The molecule has 1 aliphatic carbocycles. The van der Waals surface area contributed by atoms with Crippen LogP contribution in [0.15, 0.2) is 0 Å². The fraction of sp³-hybridized carbons (Fsp3) is 0.786. The molecule has 0 bridgehead atoms. The average molecular weight is 299 g/mol. The van der Waals surface area contributed by atoms with E-state index in [0.29, 0.717) is 6.54 Å². The van der Waals surface area contributed by atoms with E-state index in [2.05, 4.69) is 10.6 Å². The van der Waals surface area contributed by atoms with Crippen molar-refractivity contribution in [2.24, 2.45) is 5.92 Å². The van der Waals surface area contributed by atoms with E-state index < -0.39 is 18.0 Å². The summed E-state index contributed by atoms with van der Waals surface area (Å²) in [6, 6.07) is -1.41. The highest BCUT2D eigenvalue weighted by molar-refractivity contribution is 5.86. The standard InChI is InChI=1S/C14H25N3O4/c1-3-15-11(18)9-17(2)14(21)16-12(13(19)20)10-7-5-4-6-8-10/h10,12H,3-9H2,1-2H3,(H,15,18)(H,16,21)(H,19,20). The van der Waals surface area contributed by atoms with E-state index in [1.165, 1.54) is 11.9 Å². The molecule has 1 aliphatic rings. The van der Waals surface area contributed by atoms with Crippen molar-refractivity contribution >= 4 is 17.9 Å². The van der Waals surface area contributed by atoms with E-state index in [0.717, 1.165) is 32.1 Å². The Balaban J connectivity index is 2.55. The summed E-state index contributed by atoms with van der Waals surface area (Å²) < 4.78 is 0. The van der Waals surface area contributed by atoms with Crippen molar-refractivity contribution in [3.63, 3.8) is 0 Å². The third-order valence-electron chi connectivity index (χ3n) is 3.77. The van der Waals surface area contributed by atoms with Crippen LogP contribution >= 0.6 is 0 Å². The lowest BCUT2D eigenvalue weighted by molar-refractivity contribution is -0.141. The lowest BCUT2D eigenvalue weighted by Crippen LogP contribution is -2.52. The minimum Gasteiger partial charge on any atom is -0.480 e. The molecule has 7 nitrogen and oxygen atoms in total. The van der Waals surface area contributed by atoms with E-state index in [1.54, 1.807) is 6.92 Å². The van der Waals surface area contributed by atoms with Gasteiger partial charge >= 0.3 is 12.0 Å². The maximum absolute atomic E-state index is 12.0. The molecule has 0 radical (unpaired) electrons. The van der Waals surface area contributed by atoms with Gasteiger partial charge in [-0.05, 0) is 25.7 Å². The predicted molar refractivity (Wildman–Crippen MR) is 77.8 cm³/mol. The van der Waals surface area contributed by atoms with Crippen LogP contribution in [0.3, 0.4) is 0 Å². The molecular formula is C14H25N3O4. The van der Waals surface area contributed by atoms with Crippen molar-refractivity contribution in [1.29, 1.82) is 0 Å². The van der Waals surface area contributed by atoms with Gasteiger partial charge in [-0.15, -0.1) is 0 Å². The van der Waals surface area contributed by atoms with E-state index in [9.17, 15) is 19.5 Å². The number of amides is 3. The van der Waals surface area contributed by atoms with E-state index in [4.69, 9.17) is 0 Å². The Kier molecular flexibility index (Phi) is 6.98. The molecule has 120 valence electrons. The molecule has 0 aliphatic heterocycles. The zero-order valence-electron chi connectivity index (χ0n) is 12.7. The molecule has 3 N–H and O–H groups in total. The molecule has 1 fully saturated rings. The number of likely N-dealkylation sites (N-methyl/N-ethyl adjacent to an activating group) is 2. The van der Waals surface area contributed by atoms with E-state index in [-0.39, 0.29) is 18.4 Å². The summed E-state index contributed by atoms with van der Waals surface area (Å²) in [5.74, 6) is -1.31. The number of rotatable bonds is 6. The molecule has 0 saturated heterocycles. The van der Waals surface area contributed by atoms with Crippen LogP contribution in [-0.4, -0.2) is 54.1 Å². The average Bonchev–Trinajstić information content (AvgIpc) is 2.45. The Morgan fingerprint density at radius 1 is 1.24 bits per heavy atom. The van der Waals surface area contributed by atoms with Crippen LogP contribution in [0.5, 0.6) is 0 Å². The highest BCUT2D eigenvalue weighted by Gasteiger charge is 2.31. The van der Waals surface area contributed by atoms with Gasteiger partial charge in [0.15, 0.2) is 0 Å². The SMILES string of the molecule is CCNC(=O)CN(C)C(=O)NC(C(=O)O)C1CCCCC1. The van der Waals surface area contributed by atoms with Crippen molar-refractivity contribution in [2.45, 2.75) is 45.1 Å². The van der Waals surface area contributed by atoms with Crippen LogP contribution in [0.25, 0.3) is 0 Å². The van der Waals surface area contributed by atoms with Crippen molar-refractivity contribution in [1.82, 2.24) is 15.5 Å². The van der Waals surface area contributed by atoms with Gasteiger partial charge in [0.2, 0.25) is 5.91 Å². The van der Waals surface area contributed by atoms with Crippen LogP contribution < -0.4 is 10.6 Å². The summed E-state index contributed by atoms with van der Waals surface area (Å²) in [6.07, 6.45) is 4.75. The summed E-state index contributed by atoms with van der Waals surface area (Å²) in [5, 5.41) is 14.4. The Morgan fingerprint density at radius 2 is 1.86 bits per heavy atom. The molecule has 1 atom stereocenters. The molecule has 1 rings (SSSR count). The lowest BCUT2D eigenvalue weighted by Gasteiger charge is -2.29. The molecular weight excluding hydrogens is 274 g/mol. The Hall–Kier alpha value is -1.79. The topological polar surface area (TPSA) is 98.7 Å². The Labute approximate surface area is 125 Å². The molecule has 3 amide bonds. The number of hydrogen-bond acceptors (Lipinski definition) is 3. The first kappa shape index (κ1) is 17.3. The zero-order valence-corrected chi connectivity index (χ0v) is 12.7. The van der Waals surface area contributed by atoms with Gasteiger partial charge in [-0.25, -0.2) is 9.59 Å². The first-order valence-corrected chi connectivity index (χ1v) is 7.46. The second-order valence-corrected chi connectivity index (χ2v) is 5.47. The van der Waals surface area contributed by atoms with Gasteiger partial charge in [0.05, 0.1) is 0 Å². The monoisotopic (exact) mass is 299 g/mol. The van der Waals surface area contributed by atoms with Crippen LogP contribution in [0.2, 0.25) is 0 Å². The third-order valence-corrected chi connectivity index (χ3v) is 3.77. The molecule has 0 aromatic carbocycles. The maximum Gasteiger partial charge on any atom is 0.326 e. The van der Waals surface area contributed by atoms with Crippen molar-refractivity contribution in [2.75, 3.05) is 20.1 Å². The van der Waals surface area contributed by atoms with Gasteiger partial charge in [-0.3, -0.25) is 4.79 Å². The normalized spacial score (nSPS) is 16.9. The minimum atomic E-state index is -1.01. The minimum absolute atomic E-state index is 0.0296. The molecule has 7 heteroatoms. The van der Waals surface area contributed by atoms with Crippen LogP contribution in [0.1, 0.15) is 39.0 Å². The molecule has 0 aromatic heterocycles. The van der Waals surface area contributed by atoms with E-state index >= 15 is 0 Å². The van der Waals surface area contributed by atoms with Crippen molar-refractivity contribution in [3.8, 4) is 0 Å². The van der Waals surface area contributed by atoms with Gasteiger partial charge in [-0.1, -0.05) is 19.3 Å². The molecule has 21 heavy (non-hydrogen) atoms. The lowest BCUT2D eigenvalue weighted by atomic mass is 9.84. The summed E-state index contributed by atoms with van der Waals surface area (Å²) in [4.78, 5) is 36.0. The first-order chi connectivity index (χ1) is 9.95. The zero-order chi connectivity index (χ0) is 15.8. The van der Waals surface area contributed by atoms with Crippen molar-refractivity contribution in [3.05, 3.63) is 0 Å². The largest absolute Gasteiger partial charge is 0.480 e. The van der Waals surface area contributed by atoms with Crippen LogP contribution in [0.4, 0.5) is 4.79 Å². The molecule has 1 unspecified atom stereocenters. The second-order valence-electron chi connectivity index (χ2n) is 5.47. The molecule has 0 spiro atoms. The fourth-order valence-electron chi connectivity index (χ4n) is 2.63. The number of carbonyl (C=O) groups is 3. The van der Waals surface area contributed by atoms with Gasteiger partial charge in [0, 0.05) is 13.6 Å². The smallest absolute Gasteiger partial charge is 0.326 e. The number of urea groups is 1. The fourth-order valence-corrected chi connectivity index (χ4v) is 2.63. The molecule has 0 heterocycles. The summed E-state index contributed by atoms with van der Waals surface area (Å²) in [6.45, 7) is 2.20. The number of carboxylic acid groups (broad SMARTS) is 1. The molecule has 1 saturated carbocycles. The molecule has 0 aromatic rings. The van der Waals surface area contributed by atoms with Gasteiger partial charge in [-0.2, -0.15) is 0 Å².